The molecule has 1 aromatic rings. The molecule has 1 N–H and O–H groups in total. The molecule has 209 valence electrons. The Balaban J connectivity index is 1.35. The maximum atomic E-state index is 12.0. The normalized spacial score (nSPS) is 49.3. The second-order valence-corrected chi connectivity index (χ2v) is 15.9. The van der Waals surface area contributed by atoms with Gasteiger partial charge in [0, 0.05) is 18.3 Å². The quantitative estimate of drug-likeness (QED) is 0.397. The van der Waals surface area contributed by atoms with Crippen LogP contribution in [0.15, 0.2) is 24.5 Å². The number of fused-ring (bicyclic) bond motifs is 7. The summed E-state index contributed by atoms with van der Waals surface area (Å²) in [5.41, 5.74) is 2.64. The molecule has 0 aromatic carbocycles. The molecule has 0 saturated heterocycles. The molecule has 0 bridgehead atoms. The van der Waals surface area contributed by atoms with Crippen molar-refractivity contribution in [1.29, 1.82) is 0 Å². The lowest BCUT2D eigenvalue weighted by Crippen LogP contribution is -2.66. The number of hydrogen-bond donors (Lipinski definition) is 1. The smallest absolute Gasteiger partial charge is 0.417 e. The molecule has 0 unspecified atom stereocenters. The van der Waals surface area contributed by atoms with E-state index < -0.39 is 6.09 Å². The summed E-state index contributed by atoms with van der Waals surface area (Å²) in [4.78, 5) is 16.6. The Morgan fingerprint density at radius 3 is 2.37 bits per heavy atom. The van der Waals surface area contributed by atoms with Gasteiger partial charge in [0.05, 0.1) is 0 Å². The van der Waals surface area contributed by atoms with Crippen LogP contribution < -0.4 is 0 Å². The van der Waals surface area contributed by atoms with Gasteiger partial charge < -0.3 is 5.11 Å². The van der Waals surface area contributed by atoms with Crippen LogP contribution >= 0.6 is 0 Å². The molecule has 5 aliphatic carbocycles. The van der Waals surface area contributed by atoms with E-state index in [2.05, 4.69) is 53.1 Å². The van der Waals surface area contributed by atoms with Gasteiger partial charge in [-0.25, -0.2) is 14.3 Å². The van der Waals surface area contributed by atoms with E-state index in [9.17, 15) is 9.90 Å². The van der Waals surface area contributed by atoms with Gasteiger partial charge in [-0.05, 0) is 135 Å². The topological polar surface area (TPSA) is 55.1 Å². The van der Waals surface area contributed by atoms with E-state index in [0.29, 0.717) is 28.6 Å². The second kappa shape index (κ2) is 8.23. The molecular formula is C34H51N2O2. The minimum atomic E-state index is -0.914. The number of allylic oxidation sites excluding steroid dienone is 1. The molecule has 0 aliphatic heterocycles. The number of rotatable bonds is 2. The summed E-state index contributed by atoms with van der Waals surface area (Å²) in [5.74, 6) is 4.33. The summed E-state index contributed by atoms with van der Waals surface area (Å²) in [7, 11) is 0. The standard InChI is InChI=1S/C34H51N2O2/c1-21(2)22-11-14-31(5)17-18-33(7)23(27(22)31)9-10-26-32(6)15-12-24(28-35-19-20-36(28)29(37)38)30(3,4)25(32)13-16-34(26,33)8/h19-20,22-27H,1,5,9-18H2,2-4,6-8H3,(H,37,38)/t22-,23+,24+,25-,26+,27+,31+,32-,33+,34+/m0/s1. The van der Waals surface area contributed by atoms with E-state index in [1.807, 2.05) is 0 Å². The van der Waals surface area contributed by atoms with Crippen molar-refractivity contribution in [1.82, 2.24) is 9.55 Å². The zero-order valence-electron chi connectivity index (χ0n) is 24.9. The fourth-order valence-electron chi connectivity index (χ4n) is 12.5. The van der Waals surface area contributed by atoms with Gasteiger partial charge in [0.15, 0.2) is 0 Å². The molecule has 38 heavy (non-hydrogen) atoms. The third kappa shape index (κ3) is 3.21. The molecule has 1 radical (unpaired) electrons. The SMILES string of the molecule is [CH2][C@]12CC[C@@H](C(=C)C)[C@@H]1[C@H]1CC[C@@H]3[C@@]4(C)CC[C@H](c5nccn5C(=O)O)C(C)(C)[C@@H]4CC[C@@]3(C)[C@]1(C)CC2. The van der Waals surface area contributed by atoms with Crippen molar-refractivity contribution in [2.45, 2.75) is 112 Å². The van der Waals surface area contributed by atoms with E-state index in [1.54, 1.807) is 12.4 Å². The third-order valence-corrected chi connectivity index (χ3v) is 14.5. The van der Waals surface area contributed by atoms with Crippen molar-refractivity contribution < 1.29 is 9.90 Å². The first-order chi connectivity index (χ1) is 17.7. The Bertz CT molecular complexity index is 1150. The number of carbonyl (C=O) groups is 1. The van der Waals surface area contributed by atoms with E-state index in [4.69, 9.17) is 6.92 Å². The first kappa shape index (κ1) is 26.6. The maximum absolute atomic E-state index is 12.0. The van der Waals surface area contributed by atoms with E-state index in [-0.39, 0.29) is 22.2 Å². The van der Waals surface area contributed by atoms with Gasteiger partial charge in [0.2, 0.25) is 0 Å². The van der Waals surface area contributed by atoms with Gasteiger partial charge in [-0.15, -0.1) is 0 Å². The Hall–Kier alpha value is -1.58. The fraction of sp³-hybridized carbons (Fsp3) is 0.794. The maximum Gasteiger partial charge on any atom is 0.417 e. The van der Waals surface area contributed by atoms with Crippen LogP contribution in [0.2, 0.25) is 0 Å². The first-order valence-electron chi connectivity index (χ1n) is 15.5. The highest BCUT2D eigenvalue weighted by molar-refractivity contribution is 5.68. The monoisotopic (exact) mass is 519 g/mol. The Labute approximate surface area is 231 Å². The number of aromatic nitrogens is 2. The van der Waals surface area contributed by atoms with Crippen molar-refractivity contribution in [2.75, 3.05) is 0 Å². The van der Waals surface area contributed by atoms with Gasteiger partial charge in [-0.2, -0.15) is 0 Å². The van der Waals surface area contributed by atoms with E-state index in [1.165, 1.54) is 67.9 Å². The first-order valence-corrected chi connectivity index (χ1v) is 15.5. The summed E-state index contributed by atoms with van der Waals surface area (Å²) >= 11 is 0. The number of carboxylic acid groups (broad SMARTS) is 1. The molecule has 4 nitrogen and oxygen atoms in total. The fourth-order valence-corrected chi connectivity index (χ4v) is 12.5. The van der Waals surface area contributed by atoms with Crippen LogP contribution in [0, 0.1) is 63.6 Å². The van der Waals surface area contributed by atoms with Crippen LogP contribution in [-0.4, -0.2) is 20.8 Å². The average Bonchev–Trinajstić information content (AvgIpc) is 3.44. The second-order valence-electron chi connectivity index (χ2n) is 15.9. The summed E-state index contributed by atoms with van der Waals surface area (Å²) < 4.78 is 1.38. The molecular weight excluding hydrogens is 468 g/mol. The van der Waals surface area contributed by atoms with Gasteiger partial charge >= 0.3 is 6.09 Å². The van der Waals surface area contributed by atoms with Gasteiger partial charge in [0.25, 0.3) is 0 Å². The van der Waals surface area contributed by atoms with Gasteiger partial charge in [0.1, 0.15) is 5.82 Å². The zero-order valence-corrected chi connectivity index (χ0v) is 24.9. The Kier molecular flexibility index (Phi) is 5.77. The van der Waals surface area contributed by atoms with Crippen molar-refractivity contribution in [3.8, 4) is 0 Å². The van der Waals surface area contributed by atoms with Crippen LogP contribution in [0.4, 0.5) is 4.79 Å². The lowest BCUT2D eigenvalue weighted by Gasteiger charge is -2.73. The van der Waals surface area contributed by atoms with Crippen molar-refractivity contribution in [3.63, 3.8) is 0 Å². The number of imidazole rings is 1. The van der Waals surface area contributed by atoms with Crippen molar-refractivity contribution in [3.05, 3.63) is 37.3 Å². The zero-order chi connectivity index (χ0) is 27.5. The molecule has 10 atom stereocenters. The molecule has 5 saturated carbocycles. The van der Waals surface area contributed by atoms with Crippen LogP contribution in [0.3, 0.4) is 0 Å². The lowest BCUT2D eigenvalue weighted by molar-refractivity contribution is -0.235. The van der Waals surface area contributed by atoms with Crippen LogP contribution in [0.1, 0.15) is 117 Å². The highest BCUT2D eigenvalue weighted by atomic mass is 16.4. The Morgan fingerprint density at radius 2 is 1.68 bits per heavy atom. The summed E-state index contributed by atoms with van der Waals surface area (Å²) in [5, 5.41) is 9.81. The summed E-state index contributed by atoms with van der Waals surface area (Å²) in [6.07, 6.45) is 15.0. The van der Waals surface area contributed by atoms with Gasteiger partial charge in [-0.1, -0.05) is 46.8 Å². The Morgan fingerprint density at radius 1 is 0.947 bits per heavy atom. The molecule has 0 amide bonds. The summed E-state index contributed by atoms with van der Waals surface area (Å²) in [6.45, 7) is 24.5. The molecule has 5 fully saturated rings. The largest absolute Gasteiger partial charge is 0.464 e. The molecule has 0 spiro atoms. The predicted molar refractivity (Wildman–Crippen MR) is 153 cm³/mol. The molecule has 4 heteroatoms. The molecule has 1 aromatic heterocycles. The number of hydrogen-bond acceptors (Lipinski definition) is 2. The minimum absolute atomic E-state index is 0.0101. The molecule has 1 heterocycles. The van der Waals surface area contributed by atoms with Crippen LogP contribution in [0.25, 0.3) is 0 Å². The van der Waals surface area contributed by atoms with Crippen molar-refractivity contribution in [2.24, 2.45) is 56.7 Å². The lowest BCUT2D eigenvalue weighted by atomic mass is 9.32. The molecule has 5 aliphatic rings. The predicted octanol–water partition coefficient (Wildman–Crippen LogP) is 8.98. The van der Waals surface area contributed by atoms with Crippen molar-refractivity contribution >= 4 is 6.09 Å². The minimum Gasteiger partial charge on any atom is -0.464 e. The van der Waals surface area contributed by atoms with E-state index in [0.717, 1.165) is 24.1 Å². The highest BCUT2D eigenvalue weighted by Gasteiger charge is 2.70. The van der Waals surface area contributed by atoms with Crippen LogP contribution in [-0.2, 0) is 0 Å². The number of nitrogens with zero attached hydrogens (tertiary/aromatic N) is 2. The van der Waals surface area contributed by atoms with E-state index >= 15 is 0 Å². The molecule has 6 rings (SSSR count). The van der Waals surface area contributed by atoms with Gasteiger partial charge in [-0.3, -0.25) is 0 Å². The highest BCUT2D eigenvalue weighted by Crippen LogP contribution is 2.78. The average molecular weight is 520 g/mol. The van der Waals surface area contributed by atoms with Crippen LogP contribution in [0.5, 0.6) is 0 Å². The third-order valence-electron chi connectivity index (χ3n) is 14.5. The summed E-state index contributed by atoms with van der Waals surface area (Å²) in [6, 6.07) is 0.